The quantitative estimate of drug-likeness (QED) is 0.657. The molecule has 6 heteroatoms. The van der Waals surface area contributed by atoms with Crippen LogP contribution in [0, 0.1) is 13.8 Å². The van der Waals surface area contributed by atoms with E-state index in [1.807, 2.05) is 32.0 Å². The van der Waals surface area contributed by atoms with Gasteiger partial charge < -0.3 is 9.47 Å². The van der Waals surface area contributed by atoms with Crippen LogP contribution in [0.5, 0.6) is 11.5 Å². The van der Waals surface area contributed by atoms with Gasteiger partial charge in [-0.3, -0.25) is 9.36 Å². The summed E-state index contributed by atoms with van der Waals surface area (Å²) in [5, 5.41) is 0.770. The number of benzene rings is 1. The van der Waals surface area contributed by atoms with E-state index < -0.39 is 0 Å². The maximum atomic E-state index is 12.9. The number of allylic oxidation sites excluding steroid dienone is 1. The lowest BCUT2D eigenvalue weighted by Gasteiger charge is -2.20. The fourth-order valence-electron chi connectivity index (χ4n) is 3.66. The summed E-state index contributed by atoms with van der Waals surface area (Å²) in [4.78, 5) is 19.8. The van der Waals surface area contributed by atoms with E-state index in [1.54, 1.807) is 15.9 Å². The van der Waals surface area contributed by atoms with Crippen molar-refractivity contribution in [1.29, 1.82) is 0 Å². The Morgan fingerprint density at radius 2 is 2.08 bits per heavy atom. The van der Waals surface area contributed by atoms with Crippen molar-refractivity contribution in [2.75, 3.05) is 13.2 Å². The van der Waals surface area contributed by atoms with Gasteiger partial charge in [0.05, 0.1) is 5.39 Å². The number of hydrogen-bond donors (Lipinski definition) is 0. The van der Waals surface area contributed by atoms with E-state index in [0.29, 0.717) is 19.8 Å². The van der Waals surface area contributed by atoms with Crippen molar-refractivity contribution < 1.29 is 9.47 Å². The Labute approximate surface area is 154 Å². The Morgan fingerprint density at radius 1 is 1.23 bits per heavy atom. The Morgan fingerprint density at radius 3 is 2.96 bits per heavy atom. The number of fused-ring (bicyclic) bond motifs is 3. The lowest BCUT2D eigenvalue weighted by atomic mass is 10.1. The molecule has 5 nitrogen and oxygen atoms in total. The summed E-state index contributed by atoms with van der Waals surface area (Å²) in [6, 6.07) is 5.90. The highest BCUT2D eigenvalue weighted by molar-refractivity contribution is 7.18. The summed E-state index contributed by atoms with van der Waals surface area (Å²) in [5.74, 6) is 2.32. The van der Waals surface area contributed by atoms with Crippen molar-refractivity contribution in [2.24, 2.45) is 0 Å². The fourth-order valence-corrected chi connectivity index (χ4v) is 4.68. The number of ether oxygens (including phenoxy) is 2. The zero-order valence-corrected chi connectivity index (χ0v) is 15.5. The molecule has 132 valence electrons. The molecule has 5 rings (SSSR count). The minimum absolute atomic E-state index is 0.0740. The van der Waals surface area contributed by atoms with Gasteiger partial charge in [0.1, 0.15) is 23.9 Å². The Balaban J connectivity index is 1.68. The first-order valence-corrected chi connectivity index (χ1v) is 9.55. The molecular weight excluding hydrogens is 348 g/mol. The zero-order chi connectivity index (χ0) is 17.8. The molecule has 2 aromatic heterocycles. The first-order chi connectivity index (χ1) is 12.6. The largest absolute Gasteiger partial charge is 0.486 e. The van der Waals surface area contributed by atoms with Crippen LogP contribution in [0.25, 0.3) is 21.9 Å². The van der Waals surface area contributed by atoms with Crippen LogP contribution in [-0.4, -0.2) is 22.8 Å². The monoisotopic (exact) mass is 366 g/mol. The van der Waals surface area contributed by atoms with Gasteiger partial charge in [-0.2, -0.15) is 0 Å². The average Bonchev–Trinajstić information content (AvgIpc) is 3.17. The van der Waals surface area contributed by atoms with Gasteiger partial charge in [0.2, 0.25) is 0 Å². The average molecular weight is 366 g/mol. The third-order valence-corrected chi connectivity index (χ3v) is 6.21. The molecule has 0 unspecified atom stereocenters. The van der Waals surface area contributed by atoms with Crippen molar-refractivity contribution in [1.82, 2.24) is 9.55 Å². The minimum atomic E-state index is 0.0740. The molecule has 4 heterocycles. The van der Waals surface area contributed by atoms with Gasteiger partial charge in [0.25, 0.3) is 5.56 Å². The zero-order valence-electron chi connectivity index (χ0n) is 14.7. The summed E-state index contributed by atoms with van der Waals surface area (Å²) in [6.45, 7) is 5.84. The van der Waals surface area contributed by atoms with Crippen molar-refractivity contribution in [3.05, 3.63) is 50.4 Å². The molecule has 0 N–H and O–H groups in total. The van der Waals surface area contributed by atoms with Gasteiger partial charge in [0, 0.05) is 17.0 Å². The van der Waals surface area contributed by atoms with E-state index in [-0.39, 0.29) is 5.56 Å². The highest BCUT2D eigenvalue weighted by atomic mass is 32.1. The summed E-state index contributed by atoms with van der Waals surface area (Å²) in [6.07, 6.45) is 2.88. The van der Waals surface area contributed by atoms with Gasteiger partial charge in [-0.15, -0.1) is 11.3 Å². The van der Waals surface area contributed by atoms with Crippen LogP contribution >= 0.6 is 11.3 Å². The minimum Gasteiger partial charge on any atom is -0.486 e. The molecule has 0 amide bonds. The normalized spacial score (nSPS) is 17.1. The topological polar surface area (TPSA) is 53.4 Å². The molecule has 0 atom stereocenters. The van der Waals surface area contributed by atoms with E-state index in [9.17, 15) is 4.79 Å². The van der Waals surface area contributed by atoms with Crippen LogP contribution in [0.3, 0.4) is 0 Å². The lowest BCUT2D eigenvalue weighted by Crippen LogP contribution is -2.20. The Hall–Kier alpha value is -2.60. The highest BCUT2D eigenvalue weighted by Crippen LogP contribution is 2.37. The SMILES string of the molecule is Cc1sc2nc3n(c(=O)c2c1C)CCC3=Cc1cccc2c1OCCO2. The van der Waals surface area contributed by atoms with Gasteiger partial charge in [0.15, 0.2) is 11.5 Å². The number of hydrogen-bond acceptors (Lipinski definition) is 5. The molecule has 2 aliphatic rings. The van der Waals surface area contributed by atoms with E-state index >= 15 is 0 Å². The molecule has 2 aliphatic heterocycles. The summed E-state index contributed by atoms with van der Waals surface area (Å²) in [7, 11) is 0. The maximum absolute atomic E-state index is 12.9. The number of nitrogens with zero attached hydrogens (tertiary/aromatic N) is 2. The number of rotatable bonds is 1. The molecule has 0 spiro atoms. The van der Waals surface area contributed by atoms with Gasteiger partial charge in [-0.05, 0) is 43.5 Å². The Kier molecular flexibility index (Phi) is 3.43. The van der Waals surface area contributed by atoms with Crippen LogP contribution in [0.2, 0.25) is 0 Å². The van der Waals surface area contributed by atoms with Crippen molar-refractivity contribution >= 4 is 33.2 Å². The molecule has 0 fully saturated rings. The number of aryl methyl sites for hydroxylation is 2. The van der Waals surface area contributed by atoms with Crippen molar-refractivity contribution in [3.63, 3.8) is 0 Å². The molecule has 3 aromatic rings. The molecule has 0 saturated carbocycles. The lowest BCUT2D eigenvalue weighted by molar-refractivity contribution is 0.171. The van der Waals surface area contributed by atoms with Crippen molar-refractivity contribution in [3.8, 4) is 11.5 Å². The van der Waals surface area contributed by atoms with E-state index in [1.165, 1.54) is 0 Å². The summed E-state index contributed by atoms with van der Waals surface area (Å²) in [5.41, 5.74) is 3.16. The number of para-hydroxylation sites is 1. The van der Waals surface area contributed by atoms with Gasteiger partial charge in [-0.1, -0.05) is 12.1 Å². The van der Waals surface area contributed by atoms with Crippen LogP contribution in [0.4, 0.5) is 0 Å². The Bertz CT molecular complexity index is 1140. The molecule has 1 aromatic carbocycles. The van der Waals surface area contributed by atoms with Gasteiger partial charge in [-0.25, -0.2) is 4.98 Å². The third-order valence-electron chi connectivity index (χ3n) is 5.11. The van der Waals surface area contributed by atoms with Crippen LogP contribution < -0.4 is 15.0 Å². The van der Waals surface area contributed by atoms with Crippen molar-refractivity contribution in [2.45, 2.75) is 26.8 Å². The van der Waals surface area contributed by atoms with Crippen LogP contribution in [-0.2, 0) is 6.54 Å². The molecule has 0 saturated heterocycles. The summed E-state index contributed by atoms with van der Waals surface area (Å²) < 4.78 is 13.3. The first kappa shape index (κ1) is 15.6. The number of thiophene rings is 1. The first-order valence-electron chi connectivity index (χ1n) is 8.73. The predicted molar refractivity (Wildman–Crippen MR) is 103 cm³/mol. The number of aromatic nitrogens is 2. The second-order valence-electron chi connectivity index (χ2n) is 6.65. The van der Waals surface area contributed by atoms with Crippen LogP contribution in [0.1, 0.15) is 28.2 Å². The second kappa shape index (κ2) is 5.71. The van der Waals surface area contributed by atoms with Crippen LogP contribution in [0.15, 0.2) is 23.0 Å². The molecule has 0 bridgehead atoms. The fraction of sp³-hybridized carbons (Fsp3) is 0.300. The van der Waals surface area contributed by atoms with E-state index in [0.717, 1.165) is 55.5 Å². The van der Waals surface area contributed by atoms with E-state index in [4.69, 9.17) is 14.5 Å². The van der Waals surface area contributed by atoms with E-state index in [2.05, 4.69) is 6.08 Å². The molecule has 0 aliphatic carbocycles. The predicted octanol–water partition coefficient (Wildman–Crippen LogP) is 3.79. The molecule has 0 radical (unpaired) electrons. The maximum Gasteiger partial charge on any atom is 0.262 e. The second-order valence-corrected chi connectivity index (χ2v) is 7.85. The highest BCUT2D eigenvalue weighted by Gasteiger charge is 2.24. The smallest absolute Gasteiger partial charge is 0.262 e. The van der Waals surface area contributed by atoms with Gasteiger partial charge >= 0.3 is 0 Å². The molecule has 26 heavy (non-hydrogen) atoms. The summed E-state index contributed by atoms with van der Waals surface area (Å²) >= 11 is 1.59. The standard InChI is InChI=1S/C20H18N2O3S/c1-11-12(2)26-19-16(11)20(23)22-7-6-14(18(22)21-19)10-13-4-3-5-15-17(13)25-9-8-24-15/h3-5,10H,6-9H2,1-2H3. The third kappa shape index (κ3) is 2.22. The molecular formula is C20H18N2O3S.